The van der Waals surface area contributed by atoms with E-state index >= 15 is 0 Å². The van der Waals surface area contributed by atoms with Crippen molar-refractivity contribution in [3.05, 3.63) is 35.4 Å². The summed E-state index contributed by atoms with van der Waals surface area (Å²) in [5.41, 5.74) is 2.65. The molecule has 0 unspecified atom stereocenters. The van der Waals surface area contributed by atoms with Crippen molar-refractivity contribution in [2.45, 2.75) is 45.3 Å². The van der Waals surface area contributed by atoms with Gasteiger partial charge in [0.25, 0.3) is 0 Å². The first-order valence-electron chi connectivity index (χ1n) is 5.48. The zero-order chi connectivity index (χ0) is 9.97. The fourth-order valence-electron chi connectivity index (χ4n) is 2.03. The van der Waals surface area contributed by atoms with E-state index in [1.807, 2.05) is 0 Å². The average Bonchev–Trinajstić information content (AvgIpc) is 2.19. The van der Waals surface area contributed by atoms with Crippen LogP contribution in [0.25, 0.3) is 0 Å². The van der Waals surface area contributed by atoms with Crippen molar-refractivity contribution < 1.29 is 4.74 Å². The van der Waals surface area contributed by atoms with Crippen molar-refractivity contribution in [2.24, 2.45) is 0 Å². The molecule has 0 aromatic heterocycles. The summed E-state index contributed by atoms with van der Waals surface area (Å²) in [5.74, 6) is 0. The summed E-state index contributed by atoms with van der Waals surface area (Å²) in [6, 6.07) is 8.71. The molecule has 1 heterocycles. The number of rotatable bonds is 1. The smallest absolute Gasteiger partial charge is 0.0828 e. The maximum absolute atomic E-state index is 5.91. The second-order valence-corrected chi connectivity index (χ2v) is 4.28. The summed E-state index contributed by atoms with van der Waals surface area (Å²) in [4.78, 5) is 0. The zero-order valence-electron chi connectivity index (χ0n) is 8.99. The summed E-state index contributed by atoms with van der Waals surface area (Å²) in [5, 5.41) is 0. The molecule has 2 rings (SSSR count). The molecular formula is C13H18O. The highest BCUT2D eigenvalue weighted by Crippen LogP contribution is 2.30. The SMILES string of the molecule is Cc1ccc([C@@H]2CCC[C@H](C)O2)cc1. The van der Waals surface area contributed by atoms with Crippen LogP contribution in [0.5, 0.6) is 0 Å². The Balaban J connectivity index is 2.10. The van der Waals surface area contributed by atoms with Gasteiger partial charge in [-0.2, -0.15) is 0 Å². The van der Waals surface area contributed by atoms with E-state index in [9.17, 15) is 0 Å². The molecule has 1 nitrogen and oxygen atoms in total. The van der Waals surface area contributed by atoms with Crippen LogP contribution in [0, 0.1) is 6.92 Å². The van der Waals surface area contributed by atoms with Gasteiger partial charge in [0.05, 0.1) is 12.2 Å². The summed E-state index contributed by atoms with van der Waals surface area (Å²) >= 11 is 0. The number of ether oxygens (including phenoxy) is 1. The normalized spacial score (nSPS) is 27.6. The fraction of sp³-hybridized carbons (Fsp3) is 0.538. The maximum atomic E-state index is 5.91. The molecule has 1 saturated heterocycles. The predicted octanol–water partition coefficient (Wildman–Crippen LogP) is 3.63. The third kappa shape index (κ3) is 2.16. The molecule has 2 atom stereocenters. The van der Waals surface area contributed by atoms with Crippen LogP contribution in [0.15, 0.2) is 24.3 Å². The topological polar surface area (TPSA) is 9.23 Å². The van der Waals surface area contributed by atoms with Crippen LogP contribution >= 0.6 is 0 Å². The molecule has 76 valence electrons. The molecule has 0 amide bonds. The van der Waals surface area contributed by atoms with Gasteiger partial charge in [0.1, 0.15) is 0 Å². The first-order valence-corrected chi connectivity index (χ1v) is 5.48. The van der Waals surface area contributed by atoms with Gasteiger partial charge in [-0.05, 0) is 38.7 Å². The van der Waals surface area contributed by atoms with Crippen LogP contribution in [0.3, 0.4) is 0 Å². The third-order valence-corrected chi connectivity index (χ3v) is 2.92. The lowest BCUT2D eigenvalue weighted by Gasteiger charge is -2.28. The van der Waals surface area contributed by atoms with Crippen molar-refractivity contribution >= 4 is 0 Å². The lowest BCUT2D eigenvalue weighted by atomic mass is 9.98. The largest absolute Gasteiger partial charge is 0.371 e. The van der Waals surface area contributed by atoms with Crippen LogP contribution < -0.4 is 0 Å². The number of hydrogen-bond donors (Lipinski definition) is 0. The summed E-state index contributed by atoms with van der Waals surface area (Å²) in [6.45, 7) is 4.29. The van der Waals surface area contributed by atoms with E-state index < -0.39 is 0 Å². The van der Waals surface area contributed by atoms with E-state index in [4.69, 9.17) is 4.74 Å². The van der Waals surface area contributed by atoms with Gasteiger partial charge in [-0.15, -0.1) is 0 Å². The Bertz CT molecular complexity index is 289. The second kappa shape index (κ2) is 4.14. The molecule has 14 heavy (non-hydrogen) atoms. The van der Waals surface area contributed by atoms with Gasteiger partial charge in [0.2, 0.25) is 0 Å². The molecule has 0 radical (unpaired) electrons. The molecular weight excluding hydrogens is 172 g/mol. The Morgan fingerprint density at radius 1 is 1.14 bits per heavy atom. The van der Waals surface area contributed by atoms with E-state index in [-0.39, 0.29) is 0 Å². The van der Waals surface area contributed by atoms with Gasteiger partial charge in [0, 0.05) is 0 Å². The molecule has 0 bridgehead atoms. The van der Waals surface area contributed by atoms with E-state index in [0.717, 1.165) is 0 Å². The number of aryl methyl sites for hydroxylation is 1. The van der Waals surface area contributed by atoms with Crippen molar-refractivity contribution in [3.8, 4) is 0 Å². The molecule has 1 fully saturated rings. The molecule has 0 spiro atoms. The molecule has 1 aliphatic heterocycles. The standard InChI is InChI=1S/C13H18O/c1-10-6-8-12(9-7-10)13-5-3-4-11(2)14-13/h6-9,11,13H,3-5H2,1-2H3/t11-,13-/m0/s1. The molecule has 1 aliphatic rings. The highest BCUT2D eigenvalue weighted by Gasteiger charge is 2.20. The molecule has 0 aliphatic carbocycles. The third-order valence-electron chi connectivity index (χ3n) is 2.92. The van der Waals surface area contributed by atoms with E-state index in [1.54, 1.807) is 0 Å². The quantitative estimate of drug-likeness (QED) is 0.657. The Morgan fingerprint density at radius 2 is 1.86 bits per heavy atom. The van der Waals surface area contributed by atoms with Gasteiger partial charge in [0.15, 0.2) is 0 Å². The molecule has 0 saturated carbocycles. The number of hydrogen-bond acceptors (Lipinski definition) is 1. The Morgan fingerprint density at radius 3 is 2.50 bits per heavy atom. The minimum Gasteiger partial charge on any atom is -0.371 e. The first kappa shape index (κ1) is 9.72. The minimum atomic E-state index is 0.333. The maximum Gasteiger partial charge on any atom is 0.0828 e. The summed E-state index contributed by atoms with van der Waals surface area (Å²) < 4.78 is 5.91. The second-order valence-electron chi connectivity index (χ2n) is 4.28. The van der Waals surface area contributed by atoms with Gasteiger partial charge >= 0.3 is 0 Å². The van der Waals surface area contributed by atoms with Crippen molar-refractivity contribution in [1.82, 2.24) is 0 Å². The van der Waals surface area contributed by atoms with Crippen molar-refractivity contribution in [1.29, 1.82) is 0 Å². The van der Waals surface area contributed by atoms with Gasteiger partial charge in [-0.3, -0.25) is 0 Å². The minimum absolute atomic E-state index is 0.333. The Labute approximate surface area is 86.1 Å². The van der Waals surface area contributed by atoms with Crippen LogP contribution in [0.1, 0.15) is 43.4 Å². The van der Waals surface area contributed by atoms with Crippen molar-refractivity contribution in [2.75, 3.05) is 0 Å². The average molecular weight is 190 g/mol. The van der Waals surface area contributed by atoms with Crippen molar-refractivity contribution in [3.63, 3.8) is 0 Å². The zero-order valence-corrected chi connectivity index (χ0v) is 8.99. The highest BCUT2D eigenvalue weighted by atomic mass is 16.5. The number of benzene rings is 1. The van der Waals surface area contributed by atoms with E-state index in [1.165, 1.54) is 30.4 Å². The Kier molecular flexibility index (Phi) is 2.87. The van der Waals surface area contributed by atoms with E-state index in [2.05, 4.69) is 38.1 Å². The van der Waals surface area contributed by atoms with Crippen LogP contribution in [0.4, 0.5) is 0 Å². The predicted molar refractivity (Wildman–Crippen MR) is 58.3 cm³/mol. The monoisotopic (exact) mass is 190 g/mol. The van der Waals surface area contributed by atoms with Crippen LogP contribution in [-0.4, -0.2) is 6.10 Å². The summed E-state index contributed by atoms with van der Waals surface area (Å²) in [6.07, 6.45) is 4.43. The Hall–Kier alpha value is -0.820. The van der Waals surface area contributed by atoms with E-state index in [0.29, 0.717) is 12.2 Å². The first-order chi connectivity index (χ1) is 6.75. The van der Waals surface area contributed by atoms with Crippen LogP contribution in [-0.2, 0) is 4.74 Å². The lowest BCUT2D eigenvalue weighted by Crippen LogP contribution is -2.19. The van der Waals surface area contributed by atoms with Gasteiger partial charge in [-0.25, -0.2) is 0 Å². The highest BCUT2D eigenvalue weighted by molar-refractivity contribution is 5.23. The molecule has 1 aromatic rings. The summed E-state index contributed by atoms with van der Waals surface area (Å²) in [7, 11) is 0. The van der Waals surface area contributed by atoms with Gasteiger partial charge in [-0.1, -0.05) is 29.8 Å². The molecule has 1 heteroatoms. The lowest BCUT2D eigenvalue weighted by molar-refractivity contribution is -0.0414. The molecule has 1 aromatic carbocycles. The fourth-order valence-corrected chi connectivity index (χ4v) is 2.03. The van der Waals surface area contributed by atoms with Gasteiger partial charge < -0.3 is 4.74 Å². The molecule has 0 N–H and O–H groups in total. The van der Waals surface area contributed by atoms with Crippen LogP contribution in [0.2, 0.25) is 0 Å².